The highest BCUT2D eigenvalue weighted by molar-refractivity contribution is 5.91. The summed E-state index contributed by atoms with van der Waals surface area (Å²) in [5.41, 5.74) is 2.10. The zero-order chi connectivity index (χ0) is 24.7. The highest BCUT2D eigenvalue weighted by Gasteiger charge is 2.23. The second-order valence-electron chi connectivity index (χ2n) is 9.25. The summed E-state index contributed by atoms with van der Waals surface area (Å²) in [5, 5.41) is 16.4. The van der Waals surface area contributed by atoms with Crippen molar-refractivity contribution in [2.24, 2.45) is 0 Å². The fourth-order valence-corrected chi connectivity index (χ4v) is 4.81. The Hall–Kier alpha value is -3.90. The van der Waals surface area contributed by atoms with Crippen molar-refractivity contribution in [1.82, 2.24) is 20.2 Å². The highest BCUT2D eigenvalue weighted by atomic mass is 16.5. The van der Waals surface area contributed by atoms with Crippen LogP contribution >= 0.6 is 0 Å². The number of urea groups is 1. The molecule has 2 amide bonds. The molecule has 186 valence electrons. The third-order valence-electron chi connectivity index (χ3n) is 6.87. The van der Waals surface area contributed by atoms with E-state index in [-0.39, 0.29) is 6.03 Å². The first-order valence-electron chi connectivity index (χ1n) is 12.6. The van der Waals surface area contributed by atoms with Gasteiger partial charge in [0.1, 0.15) is 17.9 Å². The molecule has 1 aromatic heterocycles. The minimum absolute atomic E-state index is 0.142. The van der Waals surface area contributed by atoms with E-state index in [9.17, 15) is 4.79 Å². The molecule has 2 saturated heterocycles. The Morgan fingerprint density at radius 2 is 1.94 bits per heavy atom. The third-order valence-corrected chi connectivity index (χ3v) is 6.87. The number of rotatable bonds is 6. The van der Waals surface area contributed by atoms with Gasteiger partial charge in [-0.05, 0) is 62.2 Å². The Kier molecular flexibility index (Phi) is 7.43. The SMILES string of the molecule is N#Cc1ccc(NC(=O)N2CCN(c3ncnc4cc(OCCC5CCCCN5)ccc34)CC2)cc1. The van der Waals surface area contributed by atoms with Crippen molar-refractivity contribution < 1.29 is 9.53 Å². The maximum atomic E-state index is 12.7. The smallest absolute Gasteiger partial charge is 0.321 e. The number of fused-ring (bicyclic) bond motifs is 1. The van der Waals surface area contributed by atoms with Gasteiger partial charge in [0.05, 0.1) is 23.8 Å². The first-order valence-corrected chi connectivity index (χ1v) is 12.6. The van der Waals surface area contributed by atoms with Crippen LogP contribution in [0.15, 0.2) is 48.8 Å². The van der Waals surface area contributed by atoms with Gasteiger partial charge in [-0.15, -0.1) is 0 Å². The molecule has 0 bridgehead atoms. The van der Waals surface area contributed by atoms with Crippen LogP contribution in [0.1, 0.15) is 31.2 Å². The van der Waals surface area contributed by atoms with Crippen LogP contribution in [0.2, 0.25) is 0 Å². The highest BCUT2D eigenvalue weighted by Crippen LogP contribution is 2.27. The summed E-state index contributed by atoms with van der Waals surface area (Å²) in [5.74, 6) is 1.71. The van der Waals surface area contributed by atoms with Crippen molar-refractivity contribution in [3.63, 3.8) is 0 Å². The van der Waals surface area contributed by atoms with Gasteiger partial charge in [0.15, 0.2) is 0 Å². The van der Waals surface area contributed by atoms with E-state index in [1.54, 1.807) is 35.5 Å². The van der Waals surface area contributed by atoms with Gasteiger partial charge < -0.3 is 25.2 Å². The number of piperidine rings is 1. The summed E-state index contributed by atoms with van der Waals surface area (Å²) in [4.78, 5) is 25.7. The van der Waals surface area contributed by atoms with Crippen LogP contribution in [-0.4, -0.2) is 66.3 Å². The van der Waals surface area contributed by atoms with Gasteiger partial charge in [0.2, 0.25) is 0 Å². The van der Waals surface area contributed by atoms with Crippen molar-refractivity contribution >= 4 is 28.4 Å². The molecule has 2 aliphatic rings. The first-order chi connectivity index (χ1) is 17.7. The van der Waals surface area contributed by atoms with Crippen LogP contribution in [0.5, 0.6) is 5.75 Å². The largest absolute Gasteiger partial charge is 0.493 e. The molecular formula is C27H31N7O2. The number of ether oxygens (including phenoxy) is 1. The van der Waals surface area contributed by atoms with Gasteiger partial charge in [-0.2, -0.15) is 5.26 Å². The number of aromatic nitrogens is 2. The molecular weight excluding hydrogens is 454 g/mol. The van der Waals surface area contributed by atoms with Crippen molar-refractivity contribution in [2.75, 3.05) is 49.5 Å². The van der Waals surface area contributed by atoms with E-state index < -0.39 is 0 Å². The molecule has 1 unspecified atom stereocenters. The average Bonchev–Trinajstić information content (AvgIpc) is 2.94. The molecule has 2 aliphatic heterocycles. The van der Waals surface area contributed by atoms with Crippen molar-refractivity contribution in [1.29, 1.82) is 5.26 Å². The Morgan fingerprint density at radius 3 is 2.69 bits per heavy atom. The molecule has 0 spiro atoms. The maximum absolute atomic E-state index is 12.7. The molecule has 2 aromatic carbocycles. The lowest BCUT2D eigenvalue weighted by molar-refractivity contribution is 0.208. The predicted molar refractivity (Wildman–Crippen MR) is 139 cm³/mol. The number of hydrogen-bond acceptors (Lipinski definition) is 7. The summed E-state index contributed by atoms with van der Waals surface area (Å²) in [6, 6.07) is 15.4. The number of nitriles is 1. The van der Waals surface area contributed by atoms with E-state index in [2.05, 4.69) is 31.6 Å². The van der Waals surface area contributed by atoms with Crippen LogP contribution in [0.25, 0.3) is 10.9 Å². The lowest BCUT2D eigenvalue weighted by Gasteiger charge is -2.35. The molecule has 2 N–H and O–H groups in total. The number of benzene rings is 2. The van der Waals surface area contributed by atoms with Gasteiger partial charge >= 0.3 is 6.03 Å². The lowest BCUT2D eigenvalue weighted by Crippen LogP contribution is -2.50. The second-order valence-corrected chi connectivity index (χ2v) is 9.25. The van der Waals surface area contributed by atoms with Crippen molar-refractivity contribution in [3.8, 4) is 11.8 Å². The molecule has 9 heteroatoms. The predicted octanol–water partition coefficient (Wildman–Crippen LogP) is 3.77. The van der Waals surface area contributed by atoms with Crippen molar-refractivity contribution in [2.45, 2.75) is 31.7 Å². The second kappa shape index (κ2) is 11.2. The first kappa shape index (κ1) is 23.8. The number of carbonyl (C=O) groups is 1. The quantitative estimate of drug-likeness (QED) is 0.547. The summed E-state index contributed by atoms with van der Waals surface area (Å²) in [6.45, 7) is 4.33. The van der Waals surface area contributed by atoms with E-state index >= 15 is 0 Å². The zero-order valence-electron chi connectivity index (χ0n) is 20.3. The Morgan fingerprint density at radius 1 is 1.11 bits per heavy atom. The molecule has 1 atom stereocenters. The van der Waals surface area contributed by atoms with Gasteiger partial charge in [-0.1, -0.05) is 6.42 Å². The van der Waals surface area contributed by atoms with E-state index in [0.29, 0.717) is 50.1 Å². The van der Waals surface area contributed by atoms with Crippen LogP contribution in [0.3, 0.4) is 0 Å². The van der Waals surface area contributed by atoms with Gasteiger partial charge in [0.25, 0.3) is 0 Å². The van der Waals surface area contributed by atoms with Crippen molar-refractivity contribution in [3.05, 3.63) is 54.4 Å². The van der Waals surface area contributed by atoms with Gasteiger partial charge in [-0.25, -0.2) is 14.8 Å². The standard InChI is InChI=1S/C27H31N7O2/c28-18-20-4-6-22(7-5-20)32-27(35)34-14-12-33(13-15-34)26-24-9-8-23(17-25(24)30-19-31-26)36-16-10-21-3-1-2-11-29-21/h4-9,17,19,21,29H,1-3,10-16H2,(H,32,35). The Labute approximate surface area is 211 Å². The molecule has 0 radical (unpaired) electrons. The molecule has 5 rings (SSSR count). The van der Waals surface area contributed by atoms with E-state index in [1.165, 1.54) is 19.3 Å². The number of nitrogens with zero attached hydrogens (tertiary/aromatic N) is 5. The summed E-state index contributed by atoms with van der Waals surface area (Å²) in [6.07, 6.45) is 6.39. The molecule has 3 aromatic rings. The number of amides is 2. The fraction of sp³-hybridized carbons (Fsp3) is 0.407. The topological polar surface area (TPSA) is 106 Å². The Balaban J connectivity index is 1.17. The molecule has 36 heavy (non-hydrogen) atoms. The molecule has 9 nitrogen and oxygen atoms in total. The molecule has 3 heterocycles. The van der Waals surface area contributed by atoms with E-state index in [4.69, 9.17) is 10.00 Å². The number of anilines is 2. The molecule has 2 fully saturated rings. The van der Waals surface area contributed by atoms with Crippen LogP contribution < -0.4 is 20.3 Å². The molecule has 0 saturated carbocycles. The van der Waals surface area contributed by atoms with Crippen LogP contribution in [0, 0.1) is 11.3 Å². The van der Waals surface area contributed by atoms with Gasteiger partial charge in [-0.3, -0.25) is 0 Å². The number of piperazine rings is 1. The van der Waals surface area contributed by atoms with E-state index in [1.807, 2.05) is 18.2 Å². The van der Waals surface area contributed by atoms with E-state index in [0.717, 1.165) is 35.4 Å². The number of nitrogens with one attached hydrogen (secondary N) is 2. The summed E-state index contributed by atoms with van der Waals surface area (Å²) >= 11 is 0. The zero-order valence-corrected chi connectivity index (χ0v) is 20.3. The lowest BCUT2D eigenvalue weighted by atomic mass is 10.0. The third kappa shape index (κ3) is 5.66. The van der Waals surface area contributed by atoms with Crippen LogP contribution in [0.4, 0.5) is 16.3 Å². The number of hydrogen-bond donors (Lipinski definition) is 2. The summed E-state index contributed by atoms with van der Waals surface area (Å²) < 4.78 is 6.02. The fourth-order valence-electron chi connectivity index (χ4n) is 4.81. The monoisotopic (exact) mass is 485 g/mol. The summed E-state index contributed by atoms with van der Waals surface area (Å²) in [7, 11) is 0. The Bertz CT molecular complexity index is 1230. The maximum Gasteiger partial charge on any atom is 0.321 e. The molecule has 0 aliphatic carbocycles. The average molecular weight is 486 g/mol. The normalized spacial score (nSPS) is 18.0. The number of carbonyl (C=O) groups excluding carboxylic acids is 1. The van der Waals surface area contributed by atoms with Crippen LogP contribution in [-0.2, 0) is 0 Å². The van der Waals surface area contributed by atoms with Gasteiger partial charge in [0, 0.05) is 49.4 Å². The minimum Gasteiger partial charge on any atom is -0.493 e. The minimum atomic E-state index is -0.142.